The zero-order valence-electron chi connectivity index (χ0n) is 37.8. The van der Waals surface area contributed by atoms with Crippen LogP contribution < -0.4 is 69.3 Å². The molecular weight excluding hydrogens is 798 g/mol. The zero-order valence-corrected chi connectivity index (χ0v) is 41.8. The van der Waals surface area contributed by atoms with E-state index in [2.05, 4.69) is 23.3 Å². The van der Waals surface area contributed by atoms with Crippen LogP contribution in [0.4, 0.5) is 0 Å². The Kier molecular flexibility index (Phi) is 52.0. The molecule has 0 spiro atoms. The molecule has 4 atom stereocenters. The van der Waals surface area contributed by atoms with Crippen molar-refractivity contribution in [2.75, 3.05) is 0 Å². The Morgan fingerprint density at radius 2 is 0.533 bits per heavy atom. The van der Waals surface area contributed by atoms with Crippen molar-refractivity contribution in [3.8, 4) is 0 Å². The summed E-state index contributed by atoms with van der Waals surface area (Å²) >= 11 is 0. The van der Waals surface area contributed by atoms with Crippen LogP contribution in [0.25, 0.3) is 0 Å². The first kappa shape index (κ1) is 65.7. The maximum atomic E-state index is 11.5. The Balaban J connectivity index is -0.000000506. The molecule has 340 valence electrons. The van der Waals surface area contributed by atoms with Crippen molar-refractivity contribution in [3.63, 3.8) is 0 Å². The van der Waals surface area contributed by atoms with Gasteiger partial charge in [-0.3, -0.25) is 9.59 Å². The molecule has 0 fully saturated rings. The fourth-order valence-corrected chi connectivity index (χ4v) is 6.24. The summed E-state index contributed by atoms with van der Waals surface area (Å²) in [5.74, 6) is -8.66. The molecule has 0 aromatic heterocycles. The standard InChI is InChI=1S/2C22H40O7.2Na/c2*1-2-3-4-5-6-7-8-9-10-11-12-13-14-15-16-17-18(23)29-22(28)20(25)19(24)21(26)27;;/h2*19-20,24-25H,2-17H2,1H3,(H,26,27);;/q;;2*+1/p-2. The van der Waals surface area contributed by atoms with Gasteiger partial charge in [0, 0.05) is 12.8 Å². The van der Waals surface area contributed by atoms with Gasteiger partial charge in [0.25, 0.3) is 0 Å². The van der Waals surface area contributed by atoms with Crippen molar-refractivity contribution < 1.29 is 128 Å². The van der Waals surface area contributed by atoms with Crippen LogP contribution in [-0.4, -0.2) is 80.7 Å². The number of carbonyl (C=O) groups excluding carboxylic acids is 6. The van der Waals surface area contributed by atoms with Gasteiger partial charge in [-0.2, -0.15) is 0 Å². The summed E-state index contributed by atoms with van der Waals surface area (Å²) in [7, 11) is 0. The van der Waals surface area contributed by atoms with Crippen LogP contribution in [0.2, 0.25) is 0 Å². The Bertz CT molecular complexity index is 996. The van der Waals surface area contributed by atoms with Crippen molar-refractivity contribution >= 4 is 35.8 Å². The average Bonchev–Trinajstić information content (AvgIpc) is 3.19. The second kappa shape index (κ2) is 47.5. The van der Waals surface area contributed by atoms with Crippen LogP contribution >= 0.6 is 0 Å². The predicted molar refractivity (Wildman–Crippen MR) is 215 cm³/mol. The summed E-state index contributed by atoms with van der Waals surface area (Å²) in [4.78, 5) is 66.3. The van der Waals surface area contributed by atoms with Gasteiger partial charge in [-0.1, -0.05) is 194 Å². The van der Waals surface area contributed by atoms with Gasteiger partial charge in [0.15, 0.2) is 12.2 Å². The number of carbonyl (C=O) groups is 6. The molecule has 0 aromatic rings. The normalized spacial score (nSPS) is 12.6. The Hall–Kier alpha value is -0.940. The molecule has 0 amide bonds. The number of aliphatic hydroxyl groups excluding tert-OH is 4. The van der Waals surface area contributed by atoms with E-state index in [1.54, 1.807) is 0 Å². The van der Waals surface area contributed by atoms with Crippen LogP contribution in [-0.2, 0) is 38.2 Å². The molecule has 0 heterocycles. The third-order valence-electron chi connectivity index (χ3n) is 9.96. The maximum absolute atomic E-state index is 11.5. The molecule has 0 aliphatic heterocycles. The molecule has 0 radical (unpaired) electrons. The predicted octanol–water partition coefficient (Wildman–Crippen LogP) is -0.413. The number of carboxylic acid groups (broad SMARTS) is 2. The van der Waals surface area contributed by atoms with Crippen molar-refractivity contribution in [3.05, 3.63) is 0 Å². The van der Waals surface area contributed by atoms with Crippen LogP contribution in [0.3, 0.4) is 0 Å². The van der Waals surface area contributed by atoms with Gasteiger partial charge >= 0.3 is 83.0 Å². The first-order chi connectivity index (χ1) is 27.8. The molecule has 0 saturated heterocycles. The molecule has 60 heavy (non-hydrogen) atoms. The summed E-state index contributed by atoms with van der Waals surface area (Å²) in [6.45, 7) is 4.47. The van der Waals surface area contributed by atoms with E-state index in [-0.39, 0.29) is 72.0 Å². The van der Waals surface area contributed by atoms with E-state index < -0.39 is 60.2 Å². The first-order valence-corrected chi connectivity index (χ1v) is 22.4. The Morgan fingerprint density at radius 3 is 0.717 bits per heavy atom. The number of ether oxygens (including phenoxy) is 2. The van der Waals surface area contributed by atoms with Gasteiger partial charge in [-0.15, -0.1) is 0 Å². The Labute approximate surface area is 404 Å². The van der Waals surface area contributed by atoms with Crippen molar-refractivity contribution in [1.29, 1.82) is 0 Å². The monoisotopic (exact) mass is 877 g/mol. The van der Waals surface area contributed by atoms with Crippen LogP contribution in [0.15, 0.2) is 0 Å². The van der Waals surface area contributed by atoms with Gasteiger partial charge in [-0.05, 0) is 12.8 Å². The second-order valence-electron chi connectivity index (χ2n) is 15.4. The zero-order chi connectivity index (χ0) is 43.8. The minimum absolute atomic E-state index is 0. The topological polar surface area (TPSA) is 248 Å². The summed E-state index contributed by atoms with van der Waals surface area (Å²) in [6, 6.07) is 0. The third-order valence-corrected chi connectivity index (χ3v) is 9.96. The molecule has 0 bridgehead atoms. The molecule has 0 aromatic carbocycles. The van der Waals surface area contributed by atoms with Crippen LogP contribution in [0.5, 0.6) is 0 Å². The third kappa shape index (κ3) is 42.4. The average molecular weight is 877 g/mol. The van der Waals surface area contributed by atoms with Gasteiger partial charge in [0.05, 0.1) is 11.9 Å². The number of carboxylic acids is 2. The fraction of sp³-hybridized carbons (Fsp3) is 0.864. The number of unbranched alkanes of at least 4 members (excludes halogenated alkanes) is 28. The molecule has 0 aliphatic rings. The maximum Gasteiger partial charge on any atom is 1.00 e. The van der Waals surface area contributed by atoms with Crippen molar-refractivity contribution in [1.82, 2.24) is 0 Å². The van der Waals surface area contributed by atoms with Crippen LogP contribution in [0.1, 0.15) is 219 Å². The minimum atomic E-state index is -2.42. The molecule has 0 saturated carbocycles. The quantitative estimate of drug-likeness (QED) is 0.0267. The molecule has 4 N–H and O–H groups in total. The number of aliphatic hydroxyl groups is 4. The molecule has 0 aliphatic carbocycles. The number of esters is 4. The van der Waals surface area contributed by atoms with Gasteiger partial charge in [-0.25, -0.2) is 9.59 Å². The van der Waals surface area contributed by atoms with Gasteiger partial charge in [0.1, 0.15) is 12.2 Å². The SMILES string of the molecule is CCCCCCCCCCCCCCCCCC(=O)OC(=O)C(O)C(O)C(=O)[O-].CCCCCCCCCCCCCCCCCC(=O)OC(=O)C(O)C(O)C(=O)[O-].[Na+].[Na+]. The minimum Gasteiger partial charge on any atom is -0.547 e. The van der Waals surface area contributed by atoms with E-state index in [4.69, 9.17) is 10.2 Å². The Morgan fingerprint density at radius 1 is 0.350 bits per heavy atom. The number of hydrogen-bond donors (Lipinski definition) is 4. The van der Waals surface area contributed by atoms with E-state index in [1.165, 1.54) is 141 Å². The number of aliphatic carboxylic acids is 2. The van der Waals surface area contributed by atoms with E-state index in [0.29, 0.717) is 12.8 Å². The molecule has 4 unspecified atom stereocenters. The van der Waals surface area contributed by atoms with Gasteiger partial charge < -0.3 is 49.7 Å². The number of rotatable bonds is 38. The van der Waals surface area contributed by atoms with E-state index >= 15 is 0 Å². The van der Waals surface area contributed by atoms with Crippen molar-refractivity contribution in [2.45, 2.75) is 244 Å². The molecular formula is C44H78Na2O14. The summed E-state index contributed by atoms with van der Waals surface area (Å²) in [5.41, 5.74) is 0. The summed E-state index contributed by atoms with van der Waals surface area (Å²) in [6.07, 6.45) is 26.5. The van der Waals surface area contributed by atoms with E-state index in [0.717, 1.165) is 38.5 Å². The van der Waals surface area contributed by atoms with E-state index in [1.807, 2.05) is 0 Å². The molecule has 14 nitrogen and oxygen atoms in total. The van der Waals surface area contributed by atoms with E-state index in [9.17, 15) is 49.2 Å². The number of hydrogen-bond acceptors (Lipinski definition) is 14. The molecule has 0 rings (SSSR count). The van der Waals surface area contributed by atoms with Gasteiger partial charge in [0.2, 0.25) is 0 Å². The molecule has 16 heteroatoms. The summed E-state index contributed by atoms with van der Waals surface area (Å²) < 4.78 is 8.65. The smallest absolute Gasteiger partial charge is 0.547 e. The van der Waals surface area contributed by atoms with Crippen LogP contribution in [0, 0.1) is 0 Å². The van der Waals surface area contributed by atoms with Crippen molar-refractivity contribution in [2.24, 2.45) is 0 Å². The second-order valence-corrected chi connectivity index (χ2v) is 15.4. The fourth-order valence-electron chi connectivity index (χ4n) is 6.24. The largest absolute Gasteiger partial charge is 1.00 e. The first-order valence-electron chi connectivity index (χ1n) is 22.4. The summed E-state index contributed by atoms with van der Waals surface area (Å²) in [5, 5.41) is 57.1.